The molecular weight excluding hydrogens is 346 g/mol. The lowest BCUT2D eigenvalue weighted by atomic mass is 10.2. The maximum Gasteiger partial charge on any atom is 0.244 e. The van der Waals surface area contributed by atoms with Crippen molar-refractivity contribution >= 4 is 12.0 Å². The molecule has 1 N–H and O–H groups in total. The van der Waals surface area contributed by atoms with Crippen molar-refractivity contribution in [3.8, 4) is 23.0 Å². The molecule has 0 radical (unpaired) electrons. The minimum atomic E-state index is -0.194. The fraction of sp³-hybridized carbons (Fsp3) is 0.286. The Balaban J connectivity index is 1.75. The van der Waals surface area contributed by atoms with Crippen LogP contribution in [0, 0.1) is 0 Å². The lowest BCUT2D eigenvalue weighted by Crippen LogP contribution is -2.26. The first-order chi connectivity index (χ1) is 13.2. The van der Waals surface area contributed by atoms with E-state index in [1.54, 1.807) is 32.4 Å². The van der Waals surface area contributed by atoms with E-state index in [1.807, 2.05) is 37.3 Å². The molecule has 0 aromatic heterocycles. The van der Waals surface area contributed by atoms with E-state index in [0.29, 0.717) is 31.3 Å². The van der Waals surface area contributed by atoms with Gasteiger partial charge in [-0.05, 0) is 55.0 Å². The molecule has 2 aromatic carbocycles. The summed E-state index contributed by atoms with van der Waals surface area (Å²) in [4.78, 5) is 11.9. The van der Waals surface area contributed by atoms with Gasteiger partial charge < -0.3 is 24.3 Å². The largest absolute Gasteiger partial charge is 0.494 e. The lowest BCUT2D eigenvalue weighted by Gasteiger charge is -2.08. The summed E-state index contributed by atoms with van der Waals surface area (Å²) in [5, 5.41) is 2.77. The van der Waals surface area contributed by atoms with Gasteiger partial charge in [-0.15, -0.1) is 0 Å². The van der Waals surface area contributed by atoms with Gasteiger partial charge in [0.2, 0.25) is 5.91 Å². The van der Waals surface area contributed by atoms with E-state index in [9.17, 15) is 4.79 Å². The number of benzene rings is 2. The molecule has 0 saturated carbocycles. The lowest BCUT2D eigenvalue weighted by molar-refractivity contribution is -0.116. The molecule has 144 valence electrons. The number of carbonyl (C=O) groups is 1. The van der Waals surface area contributed by atoms with E-state index in [2.05, 4.69) is 5.32 Å². The van der Waals surface area contributed by atoms with Crippen LogP contribution in [0.1, 0.15) is 12.5 Å². The molecule has 27 heavy (non-hydrogen) atoms. The van der Waals surface area contributed by atoms with E-state index < -0.39 is 0 Å². The quantitative estimate of drug-likeness (QED) is 0.513. The predicted octanol–water partition coefficient (Wildman–Crippen LogP) is 3.31. The Labute approximate surface area is 159 Å². The summed E-state index contributed by atoms with van der Waals surface area (Å²) in [6, 6.07) is 12.8. The van der Waals surface area contributed by atoms with Gasteiger partial charge in [0.15, 0.2) is 11.5 Å². The number of methoxy groups -OCH3 is 2. The molecule has 0 aliphatic heterocycles. The molecule has 0 aliphatic rings. The molecule has 1 amide bonds. The molecule has 6 nitrogen and oxygen atoms in total. The van der Waals surface area contributed by atoms with Crippen molar-refractivity contribution in [3.63, 3.8) is 0 Å². The first-order valence-electron chi connectivity index (χ1n) is 8.70. The number of hydrogen-bond acceptors (Lipinski definition) is 5. The van der Waals surface area contributed by atoms with Crippen LogP contribution in [0.3, 0.4) is 0 Å². The highest BCUT2D eigenvalue weighted by atomic mass is 16.5. The number of hydrogen-bond donors (Lipinski definition) is 1. The smallest absolute Gasteiger partial charge is 0.244 e. The zero-order valence-electron chi connectivity index (χ0n) is 15.9. The van der Waals surface area contributed by atoms with Crippen LogP contribution in [0.25, 0.3) is 6.08 Å². The van der Waals surface area contributed by atoms with E-state index in [-0.39, 0.29) is 5.91 Å². The molecule has 0 bridgehead atoms. The summed E-state index contributed by atoms with van der Waals surface area (Å²) in [6.07, 6.45) is 3.18. The highest BCUT2D eigenvalue weighted by Gasteiger charge is 2.03. The zero-order chi connectivity index (χ0) is 19.5. The molecule has 0 saturated heterocycles. The van der Waals surface area contributed by atoms with Gasteiger partial charge in [-0.1, -0.05) is 6.07 Å². The van der Waals surface area contributed by atoms with Crippen molar-refractivity contribution in [2.45, 2.75) is 6.92 Å². The van der Waals surface area contributed by atoms with Gasteiger partial charge in [-0.25, -0.2) is 0 Å². The summed E-state index contributed by atoms with van der Waals surface area (Å²) < 4.78 is 21.4. The van der Waals surface area contributed by atoms with Crippen LogP contribution in [0.2, 0.25) is 0 Å². The second kappa shape index (κ2) is 10.8. The molecule has 2 aromatic rings. The van der Waals surface area contributed by atoms with Crippen LogP contribution in [0.15, 0.2) is 48.5 Å². The van der Waals surface area contributed by atoms with Crippen molar-refractivity contribution in [1.82, 2.24) is 5.32 Å². The summed E-state index contributed by atoms with van der Waals surface area (Å²) in [5.41, 5.74) is 0.841. The van der Waals surface area contributed by atoms with Crippen LogP contribution >= 0.6 is 0 Å². The number of ether oxygens (including phenoxy) is 4. The van der Waals surface area contributed by atoms with Crippen molar-refractivity contribution in [3.05, 3.63) is 54.1 Å². The van der Waals surface area contributed by atoms with Crippen molar-refractivity contribution < 1.29 is 23.7 Å². The fourth-order valence-electron chi connectivity index (χ4n) is 2.33. The molecule has 0 atom stereocenters. The summed E-state index contributed by atoms with van der Waals surface area (Å²) >= 11 is 0. The SMILES string of the molecule is CCOc1ccc(OCCNC(=O)/C=C/c2ccc(OC)c(OC)c2)cc1. The third kappa shape index (κ3) is 6.58. The molecule has 0 aliphatic carbocycles. The van der Waals surface area contributed by atoms with Gasteiger partial charge in [0, 0.05) is 6.08 Å². The summed E-state index contributed by atoms with van der Waals surface area (Å²) in [6.45, 7) is 3.35. The first-order valence-corrected chi connectivity index (χ1v) is 8.70. The minimum absolute atomic E-state index is 0.194. The first kappa shape index (κ1) is 20.2. The zero-order valence-corrected chi connectivity index (χ0v) is 15.9. The van der Waals surface area contributed by atoms with Gasteiger partial charge in [-0.2, -0.15) is 0 Å². The Hall–Kier alpha value is -3.15. The fourth-order valence-corrected chi connectivity index (χ4v) is 2.33. The number of carbonyl (C=O) groups excluding carboxylic acids is 1. The average Bonchev–Trinajstić information content (AvgIpc) is 2.70. The Morgan fingerprint density at radius 1 is 0.963 bits per heavy atom. The Morgan fingerprint density at radius 2 is 1.63 bits per heavy atom. The Bertz CT molecular complexity index is 756. The maximum absolute atomic E-state index is 11.9. The predicted molar refractivity (Wildman–Crippen MR) is 105 cm³/mol. The summed E-state index contributed by atoms with van der Waals surface area (Å²) in [7, 11) is 3.15. The van der Waals surface area contributed by atoms with Crippen LogP contribution in [0.5, 0.6) is 23.0 Å². The van der Waals surface area contributed by atoms with Gasteiger partial charge in [0.25, 0.3) is 0 Å². The molecule has 0 unspecified atom stereocenters. The monoisotopic (exact) mass is 371 g/mol. The van der Waals surface area contributed by atoms with Gasteiger partial charge in [0.05, 0.1) is 27.4 Å². The average molecular weight is 371 g/mol. The molecule has 0 heterocycles. The van der Waals surface area contributed by atoms with Crippen molar-refractivity contribution in [1.29, 1.82) is 0 Å². The van der Waals surface area contributed by atoms with E-state index in [0.717, 1.165) is 17.1 Å². The van der Waals surface area contributed by atoms with E-state index >= 15 is 0 Å². The number of amides is 1. The van der Waals surface area contributed by atoms with Crippen molar-refractivity contribution in [2.24, 2.45) is 0 Å². The van der Waals surface area contributed by atoms with Crippen LogP contribution in [0.4, 0.5) is 0 Å². The standard InChI is InChI=1S/C21H25NO5/c1-4-26-17-7-9-18(10-8-17)27-14-13-22-21(23)12-6-16-5-11-19(24-2)20(15-16)25-3/h5-12,15H,4,13-14H2,1-3H3,(H,22,23)/b12-6+. The highest BCUT2D eigenvalue weighted by Crippen LogP contribution is 2.27. The van der Waals surface area contributed by atoms with Crippen LogP contribution < -0.4 is 24.3 Å². The summed E-state index contributed by atoms with van der Waals surface area (Å²) in [5.74, 6) is 2.60. The second-order valence-corrected chi connectivity index (χ2v) is 5.49. The van der Waals surface area contributed by atoms with Crippen LogP contribution in [-0.4, -0.2) is 39.9 Å². The molecule has 6 heteroatoms. The normalized spacial score (nSPS) is 10.5. The number of rotatable bonds is 10. The van der Waals surface area contributed by atoms with Gasteiger partial charge >= 0.3 is 0 Å². The molecule has 0 spiro atoms. The van der Waals surface area contributed by atoms with Gasteiger partial charge in [-0.3, -0.25) is 4.79 Å². The van der Waals surface area contributed by atoms with Gasteiger partial charge in [0.1, 0.15) is 18.1 Å². The van der Waals surface area contributed by atoms with Crippen molar-refractivity contribution in [2.75, 3.05) is 34.0 Å². The van der Waals surface area contributed by atoms with Crippen LogP contribution in [-0.2, 0) is 4.79 Å². The number of nitrogens with one attached hydrogen (secondary N) is 1. The topological polar surface area (TPSA) is 66.0 Å². The molecular formula is C21H25NO5. The third-order valence-electron chi connectivity index (χ3n) is 3.64. The third-order valence-corrected chi connectivity index (χ3v) is 3.64. The second-order valence-electron chi connectivity index (χ2n) is 5.49. The minimum Gasteiger partial charge on any atom is -0.494 e. The Kier molecular flexibility index (Phi) is 8.03. The Morgan fingerprint density at radius 3 is 2.26 bits per heavy atom. The molecule has 2 rings (SSSR count). The molecule has 0 fully saturated rings. The highest BCUT2D eigenvalue weighted by molar-refractivity contribution is 5.91. The van der Waals surface area contributed by atoms with E-state index in [4.69, 9.17) is 18.9 Å². The van der Waals surface area contributed by atoms with E-state index in [1.165, 1.54) is 6.08 Å². The maximum atomic E-state index is 11.9.